The Kier molecular flexibility index (Phi) is 7.06. The van der Waals surface area contributed by atoms with Crippen LogP contribution < -0.4 is 5.32 Å². The Morgan fingerprint density at radius 1 is 1.25 bits per heavy atom. The molecule has 1 fully saturated rings. The van der Waals surface area contributed by atoms with Crippen molar-refractivity contribution < 1.29 is 0 Å². The second-order valence-corrected chi connectivity index (χ2v) is 5.21. The lowest BCUT2D eigenvalue weighted by atomic mass is 9.97. The summed E-state index contributed by atoms with van der Waals surface area (Å²) >= 11 is 0. The third kappa shape index (κ3) is 4.42. The molecule has 0 aromatic rings. The largest absolute Gasteiger partial charge is 0.316 e. The molecular formula is C14H30N2. The van der Waals surface area contributed by atoms with Gasteiger partial charge in [-0.3, -0.25) is 4.90 Å². The molecule has 1 N–H and O–H groups in total. The number of nitrogens with zero attached hydrogens (tertiary/aromatic N) is 1. The summed E-state index contributed by atoms with van der Waals surface area (Å²) in [5.74, 6) is 0. The standard InChI is InChI=1S/C14H30N2/c1-4-8-13(15-3)12-16-11-7-6-10-14(16)9-5-2/h13-15H,4-12H2,1-3H3. The lowest BCUT2D eigenvalue weighted by molar-refractivity contribution is 0.124. The fraction of sp³-hybridized carbons (Fsp3) is 1.00. The zero-order valence-electron chi connectivity index (χ0n) is 11.5. The van der Waals surface area contributed by atoms with Gasteiger partial charge in [-0.25, -0.2) is 0 Å². The molecule has 1 saturated heterocycles. The maximum Gasteiger partial charge on any atom is 0.0192 e. The van der Waals surface area contributed by atoms with Gasteiger partial charge >= 0.3 is 0 Å². The molecule has 0 amide bonds. The van der Waals surface area contributed by atoms with Crippen LogP contribution in [0.25, 0.3) is 0 Å². The molecule has 2 unspecified atom stereocenters. The third-order valence-electron chi connectivity index (χ3n) is 3.87. The van der Waals surface area contributed by atoms with Crippen molar-refractivity contribution in [3.05, 3.63) is 0 Å². The van der Waals surface area contributed by atoms with E-state index >= 15 is 0 Å². The minimum Gasteiger partial charge on any atom is -0.316 e. The van der Waals surface area contributed by atoms with E-state index < -0.39 is 0 Å². The van der Waals surface area contributed by atoms with Crippen LogP contribution in [0.2, 0.25) is 0 Å². The van der Waals surface area contributed by atoms with Gasteiger partial charge in [0.25, 0.3) is 0 Å². The van der Waals surface area contributed by atoms with Crippen LogP contribution in [0.4, 0.5) is 0 Å². The fourth-order valence-electron chi connectivity index (χ4n) is 2.92. The van der Waals surface area contributed by atoms with Crippen molar-refractivity contribution in [1.82, 2.24) is 10.2 Å². The zero-order chi connectivity index (χ0) is 11.8. The van der Waals surface area contributed by atoms with E-state index in [1.165, 1.54) is 58.0 Å². The molecule has 1 aliphatic rings. The van der Waals surface area contributed by atoms with Crippen LogP contribution in [0.5, 0.6) is 0 Å². The quantitative estimate of drug-likeness (QED) is 0.718. The van der Waals surface area contributed by atoms with E-state index in [4.69, 9.17) is 0 Å². The number of hydrogen-bond donors (Lipinski definition) is 1. The molecule has 0 radical (unpaired) electrons. The molecular weight excluding hydrogens is 196 g/mol. The molecule has 0 bridgehead atoms. The van der Waals surface area contributed by atoms with Crippen molar-refractivity contribution >= 4 is 0 Å². The van der Waals surface area contributed by atoms with E-state index in [9.17, 15) is 0 Å². The first-order chi connectivity index (χ1) is 7.81. The summed E-state index contributed by atoms with van der Waals surface area (Å²) < 4.78 is 0. The Balaban J connectivity index is 2.40. The Morgan fingerprint density at radius 3 is 2.69 bits per heavy atom. The van der Waals surface area contributed by atoms with Crippen molar-refractivity contribution in [2.24, 2.45) is 0 Å². The molecule has 0 aromatic carbocycles. The third-order valence-corrected chi connectivity index (χ3v) is 3.87. The summed E-state index contributed by atoms with van der Waals surface area (Å²) in [6.07, 6.45) is 9.60. The predicted octanol–water partition coefficient (Wildman–Crippen LogP) is 3.03. The SMILES string of the molecule is CCCC(CN1CCCCC1CCC)NC. The highest BCUT2D eigenvalue weighted by Gasteiger charge is 2.23. The van der Waals surface area contributed by atoms with Gasteiger partial charge in [0.05, 0.1) is 0 Å². The molecule has 96 valence electrons. The van der Waals surface area contributed by atoms with Crippen molar-refractivity contribution in [3.63, 3.8) is 0 Å². The van der Waals surface area contributed by atoms with Gasteiger partial charge in [-0.15, -0.1) is 0 Å². The summed E-state index contributed by atoms with van der Waals surface area (Å²) in [7, 11) is 2.11. The Bertz CT molecular complexity index is 168. The number of rotatable bonds is 7. The normalized spacial score (nSPS) is 24.6. The van der Waals surface area contributed by atoms with Gasteiger partial charge in [0, 0.05) is 18.6 Å². The predicted molar refractivity (Wildman–Crippen MR) is 71.9 cm³/mol. The van der Waals surface area contributed by atoms with E-state index in [0.29, 0.717) is 6.04 Å². The molecule has 2 heteroatoms. The van der Waals surface area contributed by atoms with Crippen LogP contribution >= 0.6 is 0 Å². The summed E-state index contributed by atoms with van der Waals surface area (Å²) in [5.41, 5.74) is 0. The van der Waals surface area contributed by atoms with Crippen LogP contribution in [0.1, 0.15) is 58.8 Å². The molecule has 0 aliphatic carbocycles. The van der Waals surface area contributed by atoms with Crippen LogP contribution in [-0.2, 0) is 0 Å². The number of piperidine rings is 1. The first-order valence-electron chi connectivity index (χ1n) is 7.23. The zero-order valence-corrected chi connectivity index (χ0v) is 11.5. The number of likely N-dealkylation sites (N-methyl/N-ethyl adjacent to an activating group) is 1. The second-order valence-electron chi connectivity index (χ2n) is 5.21. The average Bonchev–Trinajstić information content (AvgIpc) is 2.31. The fourth-order valence-corrected chi connectivity index (χ4v) is 2.92. The molecule has 2 nitrogen and oxygen atoms in total. The summed E-state index contributed by atoms with van der Waals surface area (Å²) in [6, 6.07) is 1.56. The molecule has 2 atom stereocenters. The van der Waals surface area contributed by atoms with Gasteiger partial charge in [-0.1, -0.05) is 33.1 Å². The highest BCUT2D eigenvalue weighted by atomic mass is 15.2. The average molecular weight is 226 g/mol. The van der Waals surface area contributed by atoms with E-state index in [1.807, 2.05) is 0 Å². The summed E-state index contributed by atoms with van der Waals surface area (Å²) in [5, 5.41) is 3.47. The highest BCUT2D eigenvalue weighted by molar-refractivity contribution is 4.80. The summed E-state index contributed by atoms with van der Waals surface area (Å²) in [6.45, 7) is 7.18. The molecule has 0 saturated carbocycles. The number of nitrogens with one attached hydrogen (secondary N) is 1. The molecule has 0 spiro atoms. The van der Waals surface area contributed by atoms with Crippen LogP contribution in [0, 0.1) is 0 Å². The first kappa shape index (κ1) is 14.0. The van der Waals surface area contributed by atoms with Crippen molar-refractivity contribution in [2.45, 2.75) is 70.9 Å². The van der Waals surface area contributed by atoms with E-state index in [-0.39, 0.29) is 0 Å². The number of likely N-dealkylation sites (tertiary alicyclic amines) is 1. The lowest BCUT2D eigenvalue weighted by Crippen LogP contribution is -2.46. The summed E-state index contributed by atoms with van der Waals surface area (Å²) in [4.78, 5) is 2.74. The second kappa shape index (κ2) is 8.08. The van der Waals surface area contributed by atoms with Gasteiger partial charge in [0.15, 0.2) is 0 Å². The van der Waals surface area contributed by atoms with Gasteiger partial charge in [-0.2, -0.15) is 0 Å². The Morgan fingerprint density at radius 2 is 2.06 bits per heavy atom. The maximum absolute atomic E-state index is 3.47. The molecule has 1 aliphatic heterocycles. The molecule has 1 rings (SSSR count). The topological polar surface area (TPSA) is 15.3 Å². The molecule has 0 aromatic heterocycles. The minimum absolute atomic E-state index is 0.697. The van der Waals surface area contributed by atoms with Crippen LogP contribution in [0.3, 0.4) is 0 Å². The van der Waals surface area contributed by atoms with Crippen LogP contribution in [-0.4, -0.2) is 37.1 Å². The Hall–Kier alpha value is -0.0800. The number of hydrogen-bond acceptors (Lipinski definition) is 2. The molecule has 16 heavy (non-hydrogen) atoms. The van der Waals surface area contributed by atoms with E-state index in [0.717, 1.165) is 6.04 Å². The molecule has 1 heterocycles. The van der Waals surface area contributed by atoms with Crippen molar-refractivity contribution in [3.8, 4) is 0 Å². The van der Waals surface area contributed by atoms with Gasteiger partial charge in [0.1, 0.15) is 0 Å². The van der Waals surface area contributed by atoms with E-state index in [1.54, 1.807) is 0 Å². The highest BCUT2D eigenvalue weighted by Crippen LogP contribution is 2.21. The van der Waals surface area contributed by atoms with Gasteiger partial charge in [0.2, 0.25) is 0 Å². The minimum atomic E-state index is 0.697. The van der Waals surface area contributed by atoms with Crippen molar-refractivity contribution in [1.29, 1.82) is 0 Å². The van der Waals surface area contributed by atoms with Crippen LogP contribution in [0.15, 0.2) is 0 Å². The smallest absolute Gasteiger partial charge is 0.0192 e. The monoisotopic (exact) mass is 226 g/mol. The van der Waals surface area contributed by atoms with Crippen molar-refractivity contribution in [2.75, 3.05) is 20.1 Å². The van der Waals surface area contributed by atoms with E-state index in [2.05, 4.69) is 31.1 Å². The lowest BCUT2D eigenvalue weighted by Gasteiger charge is -2.38. The maximum atomic E-state index is 3.47. The van der Waals surface area contributed by atoms with Gasteiger partial charge < -0.3 is 5.32 Å². The first-order valence-corrected chi connectivity index (χ1v) is 7.23. The van der Waals surface area contributed by atoms with Gasteiger partial charge in [-0.05, 0) is 39.3 Å². The Labute approximate surface area is 102 Å².